The molecule has 0 aliphatic rings. The normalized spacial score (nSPS) is 10.5. The van der Waals surface area contributed by atoms with Crippen molar-refractivity contribution in [1.82, 2.24) is 9.80 Å². The summed E-state index contributed by atoms with van der Waals surface area (Å²) in [6.07, 6.45) is 0. The van der Waals surface area contributed by atoms with Crippen LogP contribution in [0.5, 0.6) is 0 Å². The van der Waals surface area contributed by atoms with Crippen LogP contribution in [0.1, 0.15) is 19.4 Å². The molecule has 0 bridgehead atoms. The van der Waals surface area contributed by atoms with E-state index in [1.807, 2.05) is 26.0 Å². The highest BCUT2D eigenvalue weighted by Crippen LogP contribution is 2.13. The summed E-state index contributed by atoms with van der Waals surface area (Å²) in [5.74, 6) is -0.812. The van der Waals surface area contributed by atoms with E-state index in [-0.39, 0.29) is 18.5 Å². The topological polar surface area (TPSA) is 60.9 Å². The van der Waals surface area contributed by atoms with E-state index in [2.05, 4.69) is 0 Å². The number of halogens is 1. The van der Waals surface area contributed by atoms with Crippen LogP contribution in [-0.2, 0) is 11.3 Å². The van der Waals surface area contributed by atoms with Gasteiger partial charge in [-0.15, -0.1) is 0 Å². The Hall–Kier alpha value is -1.75. The maximum absolute atomic E-state index is 12.4. The fraction of sp³-hybridized carbons (Fsp3) is 0.467. The zero-order valence-corrected chi connectivity index (χ0v) is 13.3. The molecule has 1 aromatic carbocycles. The van der Waals surface area contributed by atoms with Gasteiger partial charge >= 0.3 is 12.0 Å². The summed E-state index contributed by atoms with van der Waals surface area (Å²) in [5.41, 5.74) is 0.901. The fourth-order valence-electron chi connectivity index (χ4n) is 2.03. The maximum atomic E-state index is 12.4. The molecule has 6 heteroatoms. The fourth-order valence-corrected chi connectivity index (χ4v) is 2.25. The number of benzene rings is 1. The standard InChI is InChI=1S/C15H21ClN2O3/c1-11(2)8-18(10-14(19)20)15(21)17(3)9-12-5-4-6-13(16)7-12/h4-7,11H,8-10H2,1-3H3,(H,19,20). The first-order valence-electron chi connectivity index (χ1n) is 6.76. The number of carbonyl (C=O) groups is 2. The van der Waals surface area contributed by atoms with Gasteiger partial charge in [0.2, 0.25) is 0 Å². The molecule has 0 heterocycles. The number of hydrogen-bond acceptors (Lipinski definition) is 2. The molecule has 0 aliphatic heterocycles. The Balaban J connectivity index is 2.75. The van der Waals surface area contributed by atoms with Crippen LogP contribution in [0.3, 0.4) is 0 Å². The van der Waals surface area contributed by atoms with Gasteiger partial charge in [-0.2, -0.15) is 0 Å². The Morgan fingerprint density at radius 1 is 1.33 bits per heavy atom. The highest BCUT2D eigenvalue weighted by molar-refractivity contribution is 6.30. The molecule has 1 aromatic rings. The Morgan fingerprint density at radius 3 is 2.52 bits per heavy atom. The smallest absolute Gasteiger partial charge is 0.323 e. The molecule has 21 heavy (non-hydrogen) atoms. The molecule has 0 spiro atoms. The number of nitrogens with zero attached hydrogens (tertiary/aromatic N) is 2. The lowest BCUT2D eigenvalue weighted by molar-refractivity contribution is -0.137. The summed E-state index contributed by atoms with van der Waals surface area (Å²) in [6, 6.07) is 6.95. The summed E-state index contributed by atoms with van der Waals surface area (Å²) in [6.45, 7) is 4.38. The van der Waals surface area contributed by atoms with Gasteiger partial charge in [0.05, 0.1) is 0 Å². The number of hydrogen-bond donors (Lipinski definition) is 1. The predicted molar refractivity (Wildman–Crippen MR) is 82.4 cm³/mol. The minimum Gasteiger partial charge on any atom is -0.480 e. The lowest BCUT2D eigenvalue weighted by atomic mass is 10.2. The molecule has 0 aromatic heterocycles. The minimum absolute atomic E-state index is 0.202. The van der Waals surface area contributed by atoms with Crippen LogP contribution >= 0.6 is 11.6 Å². The number of carbonyl (C=O) groups excluding carboxylic acids is 1. The van der Waals surface area contributed by atoms with Gasteiger partial charge < -0.3 is 14.9 Å². The average Bonchev–Trinajstić information content (AvgIpc) is 2.35. The van der Waals surface area contributed by atoms with E-state index in [1.165, 1.54) is 9.80 Å². The number of carboxylic acid groups (broad SMARTS) is 1. The Bertz CT molecular complexity index is 505. The van der Waals surface area contributed by atoms with Crippen LogP contribution in [0.25, 0.3) is 0 Å². The highest BCUT2D eigenvalue weighted by atomic mass is 35.5. The number of amides is 2. The van der Waals surface area contributed by atoms with Gasteiger partial charge in [-0.05, 0) is 23.6 Å². The van der Waals surface area contributed by atoms with Crippen LogP contribution in [0, 0.1) is 5.92 Å². The lowest BCUT2D eigenvalue weighted by Gasteiger charge is -2.28. The second-order valence-corrected chi connectivity index (χ2v) is 5.87. The molecule has 0 aliphatic carbocycles. The highest BCUT2D eigenvalue weighted by Gasteiger charge is 2.21. The van der Waals surface area contributed by atoms with Crippen molar-refractivity contribution >= 4 is 23.6 Å². The van der Waals surface area contributed by atoms with E-state index in [0.29, 0.717) is 18.1 Å². The molecule has 1 rings (SSSR count). The molecule has 0 saturated heterocycles. The molecular formula is C15H21ClN2O3. The zero-order chi connectivity index (χ0) is 16.0. The summed E-state index contributed by atoms with van der Waals surface area (Å²) in [4.78, 5) is 26.1. The largest absolute Gasteiger partial charge is 0.480 e. The van der Waals surface area contributed by atoms with Gasteiger partial charge in [0.25, 0.3) is 0 Å². The number of urea groups is 1. The summed E-state index contributed by atoms with van der Waals surface area (Å²) < 4.78 is 0. The third-order valence-electron chi connectivity index (χ3n) is 2.82. The van der Waals surface area contributed by atoms with Crippen molar-refractivity contribution in [2.45, 2.75) is 20.4 Å². The zero-order valence-electron chi connectivity index (χ0n) is 12.5. The summed E-state index contributed by atoms with van der Waals surface area (Å²) >= 11 is 5.92. The number of aliphatic carboxylic acids is 1. The van der Waals surface area contributed by atoms with Crippen LogP contribution < -0.4 is 0 Å². The van der Waals surface area contributed by atoms with Crippen molar-refractivity contribution in [3.05, 3.63) is 34.9 Å². The summed E-state index contributed by atoms with van der Waals surface area (Å²) in [7, 11) is 1.65. The molecule has 1 N–H and O–H groups in total. The summed E-state index contributed by atoms with van der Waals surface area (Å²) in [5, 5.41) is 9.53. The molecule has 5 nitrogen and oxygen atoms in total. The van der Waals surface area contributed by atoms with Crippen molar-refractivity contribution in [1.29, 1.82) is 0 Å². The Kier molecular flexibility index (Phi) is 6.49. The van der Waals surface area contributed by atoms with E-state index >= 15 is 0 Å². The average molecular weight is 313 g/mol. The van der Waals surface area contributed by atoms with Crippen LogP contribution in [0.2, 0.25) is 5.02 Å². The van der Waals surface area contributed by atoms with Gasteiger partial charge in [0, 0.05) is 25.2 Å². The van der Waals surface area contributed by atoms with Crippen molar-refractivity contribution in [2.24, 2.45) is 5.92 Å². The van der Waals surface area contributed by atoms with E-state index in [0.717, 1.165) is 5.56 Å². The third-order valence-corrected chi connectivity index (χ3v) is 3.05. The predicted octanol–water partition coefficient (Wildman–Crippen LogP) is 2.93. The maximum Gasteiger partial charge on any atom is 0.323 e. The first-order chi connectivity index (χ1) is 9.79. The van der Waals surface area contributed by atoms with Gasteiger partial charge in [0.15, 0.2) is 0 Å². The van der Waals surface area contributed by atoms with Crippen LogP contribution in [-0.4, -0.2) is 47.0 Å². The second-order valence-electron chi connectivity index (χ2n) is 5.44. The molecule has 0 unspecified atom stereocenters. The van der Waals surface area contributed by atoms with E-state index in [4.69, 9.17) is 16.7 Å². The number of rotatable bonds is 6. The van der Waals surface area contributed by atoms with Crippen LogP contribution in [0.4, 0.5) is 4.79 Å². The van der Waals surface area contributed by atoms with Crippen molar-refractivity contribution < 1.29 is 14.7 Å². The first-order valence-corrected chi connectivity index (χ1v) is 7.13. The third kappa shape index (κ3) is 6.04. The Morgan fingerprint density at radius 2 is 2.00 bits per heavy atom. The molecule has 0 saturated carbocycles. The monoisotopic (exact) mass is 312 g/mol. The second kappa shape index (κ2) is 7.88. The minimum atomic E-state index is -1.01. The lowest BCUT2D eigenvalue weighted by Crippen LogP contribution is -2.45. The van der Waals surface area contributed by atoms with Crippen molar-refractivity contribution in [3.63, 3.8) is 0 Å². The molecule has 0 fully saturated rings. The molecule has 116 valence electrons. The van der Waals surface area contributed by atoms with Crippen LogP contribution in [0.15, 0.2) is 24.3 Å². The molecular weight excluding hydrogens is 292 g/mol. The van der Waals surface area contributed by atoms with Crippen molar-refractivity contribution in [2.75, 3.05) is 20.1 Å². The number of carboxylic acids is 1. The molecule has 0 atom stereocenters. The Labute approximate surface area is 130 Å². The first kappa shape index (κ1) is 17.3. The van der Waals surface area contributed by atoms with Gasteiger partial charge in [-0.3, -0.25) is 4.79 Å². The van der Waals surface area contributed by atoms with Crippen molar-refractivity contribution in [3.8, 4) is 0 Å². The van der Waals surface area contributed by atoms with E-state index in [1.54, 1.807) is 19.2 Å². The van der Waals surface area contributed by atoms with Gasteiger partial charge in [0.1, 0.15) is 6.54 Å². The molecule has 0 radical (unpaired) electrons. The van der Waals surface area contributed by atoms with E-state index in [9.17, 15) is 9.59 Å². The quantitative estimate of drug-likeness (QED) is 0.878. The van der Waals surface area contributed by atoms with E-state index < -0.39 is 5.97 Å². The molecule has 2 amide bonds. The van der Waals surface area contributed by atoms with Gasteiger partial charge in [-0.25, -0.2) is 4.79 Å². The SMILES string of the molecule is CC(C)CN(CC(=O)O)C(=O)N(C)Cc1cccc(Cl)c1. The van der Waals surface area contributed by atoms with Gasteiger partial charge in [-0.1, -0.05) is 37.6 Å².